The van der Waals surface area contributed by atoms with Crippen molar-refractivity contribution in [2.24, 2.45) is 27.1 Å². The highest BCUT2D eigenvalue weighted by Crippen LogP contribution is 2.47. The Bertz CT molecular complexity index is 5420. The Balaban J connectivity index is 0.000000181. The largest absolute Gasteiger partial charge is 0.358 e. The zero-order chi connectivity index (χ0) is 96.9. The fraction of sp³-hybridized carbons (Fsp3) is 0.530. The lowest BCUT2D eigenvalue weighted by Crippen LogP contribution is -2.51. The first-order valence-corrected chi connectivity index (χ1v) is 47.8. The summed E-state index contributed by atoms with van der Waals surface area (Å²) in [7, 11) is 1.99. The van der Waals surface area contributed by atoms with Gasteiger partial charge < -0.3 is 24.5 Å². The van der Waals surface area contributed by atoms with Crippen molar-refractivity contribution >= 4 is 58.0 Å². The van der Waals surface area contributed by atoms with Crippen LogP contribution in [0.3, 0.4) is 0 Å². The highest BCUT2D eigenvalue weighted by Gasteiger charge is 2.50. The molecule has 15 heteroatoms. The zero-order valence-corrected chi connectivity index (χ0v) is 86.5. The maximum Gasteiger partial charge on any atom is 0.175 e. The van der Waals surface area contributed by atoms with Gasteiger partial charge in [-0.1, -0.05) is 265 Å². The van der Waals surface area contributed by atoms with Crippen LogP contribution in [0.1, 0.15) is 356 Å². The predicted octanol–water partition coefficient (Wildman–Crippen LogP) is 25.7. The van der Waals surface area contributed by atoms with E-state index in [-0.39, 0.29) is 77.7 Å². The van der Waals surface area contributed by atoms with Crippen LogP contribution in [0.25, 0.3) is 0 Å². The van der Waals surface area contributed by atoms with Gasteiger partial charge >= 0.3 is 0 Å². The smallest absolute Gasteiger partial charge is 0.175 e. The molecular weight excluding hydrogens is 1600 g/mol. The van der Waals surface area contributed by atoms with E-state index in [1.54, 1.807) is 0 Å². The number of pyridine rings is 5. The average molecular weight is 1760 g/mol. The third-order valence-corrected chi connectivity index (χ3v) is 26.9. The SMILES string of the molecule is CC(C)c1ccc2c(n1)N(C(C)C)CC(C)(C)C2=O.CCN1CC(C)(C)C(=O)c2ccc(C)nc21.CCN1CC(Cc2cc(C(C)(C)C)cc(C(C)(C)C)c2)(Cc2cc(C(C)(C)C)cc(C(C)(C)C)c2)C(=O)c2ccc(C)nc21.CCN1CC(Cc2ccc(C(C)(C)C)cc2)(Cc2ccc(C(C)(C)C)cc2)C(=O)c2ccc(C)nc21.Cc1ccc2c(n1)N(C)CC(C)(C)C2=O. The van der Waals surface area contributed by atoms with Crippen LogP contribution in [0.4, 0.5) is 29.1 Å². The molecule has 0 N–H and O–H groups in total. The number of hydrogen-bond donors (Lipinski definition) is 0. The molecule has 5 aliphatic rings. The Morgan fingerprint density at radius 1 is 0.300 bits per heavy atom. The number of carbonyl (C=O) groups is 5. The number of aromatic nitrogens is 5. The summed E-state index contributed by atoms with van der Waals surface area (Å²) < 4.78 is 0. The molecule has 5 aliphatic heterocycles. The van der Waals surface area contributed by atoms with Gasteiger partial charge in [0.2, 0.25) is 0 Å². The van der Waals surface area contributed by atoms with E-state index >= 15 is 0 Å². The van der Waals surface area contributed by atoms with Crippen LogP contribution < -0.4 is 24.5 Å². The van der Waals surface area contributed by atoms with Gasteiger partial charge in [-0.25, -0.2) is 24.9 Å². The van der Waals surface area contributed by atoms with Crippen LogP contribution >= 0.6 is 0 Å². The number of Topliss-reactive ketones (excluding diaryl/α,β-unsaturated/α-hetero) is 5. The Labute approximate surface area is 783 Å². The van der Waals surface area contributed by atoms with Crippen LogP contribution in [-0.4, -0.2) is 119 Å². The molecule has 0 atom stereocenters. The van der Waals surface area contributed by atoms with Crippen molar-refractivity contribution in [2.45, 2.75) is 312 Å². The monoisotopic (exact) mass is 1760 g/mol. The normalized spacial score (nSPS) is 16.8. The number of hydrogen-bond acceptors (Lipinski definition) is 15. The van der Waals surface area contributed by atoms with E-state index in [9.17, 15) is 24.0 Å². The predicted molar refractivity (Wildman–Crippen MR) is 544 cm³/mol. The molecule has 0 saturated heterocycles. The summed E-state index contributed by atoms with van der Waals surface area (Å²) in [6.45, 7) is 81.8. The molecule has 10 heterocycles. The summed E-state index contributed by atoms with van der Waals surface area (Å²) in [5.41, 5.74) is 19.6. The third kappa shape index (κ3) is 23.2. The number of ketones is 5. The van der Waals surface area contributed by atoms with Crippen LogP contribution in [0.2, 0.25) is 0 Å². The second-order valence-corrected chi connectivity index (χ2v) is 47.0. The lowest BCUT2D eigenvalue weighted by molar-refractivity contribution is 0.0776. The van der Waals surface area contributed by atoms with E-state index in [2.05, 4.69) is 292 Å². The fourth-order valence-electron chi connectivity index (χ4n) is 18.7. The van der Waals surface area contributed by atoms with E-state index in [1.165, 1.54) is 55.6 Å². The molecular formula is C115H158N10O5. The number of carbonyl (C=O) groups excluding carboxylic acids is 5. The number of anilines is 5. The van der Waals surface area contributed by atoms with E-state index in [0.717, 1.165) is 125 Å². The van der Waals surface area contributed by atoms with Gasteiger partial charge in [-0.2, -0.15) is 0 Å². The summed E-state index contributed by atoms with van der Waals surface area (Å²) >= 11 is 0. The number of benzene rings is 4. The van der Waals surface area contributed by atoms with Crippen LogP contribution in [-0.2, 0) is 58.2 Å². The first-order chi connectivity index (χ1) is 60.0. The molecule has 15 nitrogen and oxygen atoms in total. The molecule has 0 aliphatic carbocycles. The minimum atomic E-state index is -0.628. The van der Waals surface area contributed by atoms with Gasteiger partial charge in [0, 0.05) is 110 Å². The third-order valence-electron chi connectivity index (χ3n) is 26.9. The molecule has 0 saturated carbocycles. The molecule has 0 amide bonds. The highest BCUT2D eigenvalue weighted by molar-refractivity contribution is 6.09. The molecule has 4 aromatic carbocycles. The molecule has 14 rings (SSSR count). The maximum atomic E-state index is 15.0. The zero-order valence-electron chi connectivity index (χ0n) is 86.5. The van der Waals surface area contributed by atoms with Crippen molar-refractivity contribution in [1.82, 2.24) is 24.9 Å². The van der Waals surface area contributed by atoms with Gasteiger partial charge in [-0.3, -0.25) is 24.0 Å². The Kier molecular flexibility index (Phi) is 30.1. The van der Waals surface area contributed by atoms with Crippen molar-refractivity contribution in [2.75, 3.05) is 83.9 Å². The highest BCUT2D eigenvalue weighted by atomic mass is 16.1. The minimum absolute atomic E-state index is 0.00585. The van der Waals surface area contributed by atoms with Crippen molar-refractivity contribution in [3.05, 3.63) is 258 Å². The number of rotatable bonds is 13. The maximum absolute atomic E-state index is 15.0. The summed E-state index contributed by atoms with van der Waals surface area (Å²) in [4.78, 5) is 101. The second kappa shape index (κ2) is 38.3. The Morgan fingerprint density at radius 2 is 0.569 bits per heavy atom. The van der Waals surface area contributed by atoms with Crippen molar-refractivity contribution in [3.63, 3.8) is 0 Å². The summed E-state index contributed by atoms with van der Waals surface area (Å²) in [5, 5.41) is 0. The fourth-order valence-corrected chi connectivity index (χ4v) is 18.7. The van der Waals surface area contributed by atoms with Gasteiger partial charge in [-0.05, 0) is 243 Å². The van der Waals surface area contributed by atoms with Gasteiger partial charge in [-0.15, -0.1) is 0 Å². The Hall–Kier alpha value is -10.0. The van der Waals surface area contributed by atoms with Crippen LogP contribution in [0.5, 0.6) is 0 Å². The first-order valence-electron chi connectivity index (χ1n) is 47.8. The minimum Gasteiger partial charge on any atom is -0.358 e. The van der Waals surface area contributed by atoms with Gasteiger partial charge in [0.25, 0.3) is 0 Å². The average Bonchev–Trinajstić information content (AvgIpc) is 0.755. The van der Waals surface area contributed by atoms with E-state index in [4.69, 9.17) is 15.0 Å². The van der Waals surface area contributed by atoms with E-state index < -0.39 is 10.8 Å². The van der Waals surface area contributed by atoms with Crippen molar-refractivity contribution in [1.29, 1.82) is 0 Å². The molecule has 0 fully saturated rings. The van der Waals surface area contributed by atoms with Crippen LogP contribution in [0.15, 0.2) is 146 Å². The standard InChI is InChI=1S/C41H58N2O.C33H42N2O.C16H24N2O.C13H18N2O.C12H16N2O/c1-15-43-26-41(35(44)34-17-16-27(2)42-36(34)43,24-28-18-30(37(3,4)5)22-31(19-28)38(6,7)8)25-29-20-32(39(9,10)11)23-33(21-29)40(12,13)14;1-9-35-22-33(29(36)28-19-10-23(2)34-30(28)35,20-24-11-15-26(16-12-24)31(3,4)5)21-25-13-17-27(18-14-25)32(6,7)8;1-10(2)13-8-7-12-14(19)16(5,6)9-18(11(3)4)15(12)17-13;1-5-15-8-13(3,4)11(16)10-7-6-9(2)14-12(10)15;1-8-5-6-9-10(15)12(2,3)7-14(4)11(9)13-8/h16-23H,15,24-26H2,1-14H3;10-19H,9,20-22H2,1-8H3;7-8,10-11H,9H2,1-6H3;6-7H,5,8H2,1-4H3;5-6H,7H2,1-4H3. The van der Waals surface area contributed by atoms with Crippen molar-refractivity contribution in [3.8, 4) is 0 Å². The van der Waals surface area contributed by atoms with E-state index in [1.807, 2.05) is 137 Å². The number of fused-ring (bicyclic) bond motifs is 5. The second-order valence-electron chi connectivity index (χ2n) is 47.0. The Morgan fingerprint density at radius 3 is 0.877 bits per heavy atom. The molecule has 0 unspecified atom stereocenters. The molecule has 9 aromatic rings. The number of nitrogens with zero attached hydrogens (tertiary/aromatic N) is 10. The molecule has 0 bridgehead atoms. The molecule has 130 heavy (non-hydrogen) atoms. The molecule has 0 spiro atoms. The lowest BCUT2D eigenvalue weighted by atomic mass is 9.67. The van der Waals surface area contributed by atoms with Crippen molar-refractivity contribution < 1.29 is 24.0 Å². The summed E-state index contributed by atoms with van der Waals surface area (Å²) in [6.07, 6.45) is 2.79. The molecule has 5 aromatic heterocycles. The first kappa shape index (κ1) is 102. The van der Waals surface area contributed by atoms with Gasteiger partial charge in [0.05, 0.1) is 38.6 Å². The topological polar surface area (TPSA) is 166 Å². The lowest BCUT2D eigenvalue weighted by Gasteiger charge is -2.43. The summed E-state index contributed by atoms with van der Waals surface area (Å²) in [6, 6.07) is 51.9. The molecule has 698 valence electrons. The molecule has 0 radical (unpaired) electrons. The van der Waals surface area contributed by atoms with Gasteiger partial charge in [0.1, 0.15) is 29.1 Å². The summed E-state index contributed by atoms with van der Waals surface area (Å²) in [5.74, 6) is 5.65. The van der Waals surface area contributed by atoms with E-state index in [0.29, 0.717) is 50.7 Å². The van der Waals surface area contributed by atoms with Gasteiger partial charge in [0.15, 0.2) is 28.9 Å². The number of aryl methyl sites for hydroxylation is 4. The quantitative estimate of drug-likeness (QED) is 0.107. The van der Waals surface area contributed by atoms with Crippen LogP contribution in [0, 0.1) is 54.8 Å².